The maximum atomic E-state index is 10.4. The van der Waals surface area contributed by atoms with Crippen molar-refractivity contribution in [2.24, 2.45) is 0 Å². The Balaban J connectivity index is 1.81. The molecule has 82 valence electrons. The van der Waals surface area contributed by atoms with E-state index < -0.39 is 0 Å². The molecule has 2 nitrogen and oxygen atoms in total. The SMILES string of the molecule is OC1(CC2CCCCN2)CCCCC1. The maximum Gasteiger partial charge on any atom is 0.0662 e. The summed E-state index contributed by atoms with van der Waals surface area (Å²) in [6.07, 6.45) is 10.8. The summed E-state index contributed by atoms with van der Waals surface area (Å²) in [6.45, 7) is 1.15. The normalized spacial score (nSPS) is 32.8. The summed E-state index contributed by atoms with van der Waals surface area (Å²) in [6, 6.07) is 0.590. The maximum absolute atomic E-state index is 10.4. The summed E-state index contributed by atoms with van der Waals surface area (Å²) in [4.78, 5) is 0. The van der Waals surface area contributed by atoms with Crippen molar-refractivity contribution in [1.29, 1.82) is 0 Å². The van der Waals surface area contributed by atoms with Gasteiger partial charge in [0, 0.05) is 6.04 Å². The van der Waals surface area contributed by atoms with E-state index >= 15 is 0 Å². The van der Waals surface area contributed by atoms with Gasteiger partial charge in [-0.05, 0) is 38.6 Å². The highest BCUT2D eigenvalue weighted by molar-refractivity contribution is 4.88. The average Bonchev–Trinajstić information content (AvgIpc) is 2.19. The van der Waals surface area contributed by atoms with E-state index in [4.69, 9.17) is 0 Å². The Kier molecular flexibility index (Phi) is 3.45. The van der Waals surface area contributed by atoms with Crippen LogP contribution in [0.5, 0.6) is 0 Å². The van der Waals surface area contributed by atoms with Crippen LogP contribution in [0.4, 0.5) is 0 Å². The molecule has 0 aromatic rings. The molecular weight excluding hydrogens is 174 g/mol. The van der Waals surface area contributed by atoms with Crippen LogP contribution >= 0.6 is 0 Å². The van der Waals surface area contributed by atoms with E-state index in [0.717, 1.165) is 25.8 Å². The first-order valence-corrected chi connectivity index (χ1v) is 6.24. The molecule has 1 aliphatic heterocycles. The molecule has 1 unspecified atom stereocenters. The quantitative estimate of drug-likeness (QED) is 0.711. The Morgan fingerprint density at radius 3 is 2.50 bits per heavy atom. The van der Waals surface area contributed by atoms with Crippen molar-refractivity contribution < 1.29 is 5.11 Å². The van der Waals surface area contributed by atoms with Gasteiger partial charge < -0.3 is 10.4 Å². The molecule has 2 aliphatic rings. The highest BCUT2D eigenvalue weighted by atomic mass is 16.3. The number of nitrogens with one attached hydrogen (secondary N) is 1. The predicted molar refractivity (Wildman–Crippen MR) is 58.3 cm³/mol. The molecule has 2 rings (SSSR count). The van der Waals surface area contributed by atoms with Gasteiger partial charge in [0.1, 0.15) is 0 Å². The van der Waals surface area contributed by atoms with Crippen LogP contribution < -0.4 is 5.32 Å². The highest BCUT2D eigenvalue weighted by Crippen LogP contribution is 2.33. The zero-order chi connectivity index (χ0) is 9.86. The Bertz CT molecular complexity index is 169. The molecule has 1 atom stereocenters. The van der Waals surface area contributed by atoms with Gasteiger partial charge in [0.15, 0.2) is 0 Å². The van der Waals surface area contributed by atoms with Gasteiger partial charge in [-0.1, -0.05) is 25.7 Å². The van der Waals surface area contributed by atoms with E-state index in [1.165, 1.54) is 38.5 Å². The lowest BCUT2D eigenvalue weighted by Crippen LogP contribution is -2.43. The Morgan fingerprint density at radius 1 is 1.07 bits per heavy atom. The first-order chi connectivity index (χ1) is 6.79. The van der Waals surface area contributed by atoms with Gasteiger partial charge in [-0.3, -0.25) is 0 Å². The second kappa shape index (κ2) is 4.63. The van der Waals surface area contributed by atoms with E-state index in [2.05, 4.69) is 5.32 Å². The standard InChI is InChI=1S/C12H23NO/c14-12(7-3-1-4-8-12)10-11-6-2-5-9-13-11/h11,13-14H,1-10H2. The van der Waals surface area contributed by atoms with Crippen LogP contribution in [0.1, 0.15) is 57.8 Å². The van der Waals surface area contributed by atoms with Crippen LogP contribution in [-0.2, 0) is 0 Å². The molecule has 14 heavy (non-hydrogen) atoms. The molecule has 0 bridgehead atoms. The van der Waals surface area contributed by atoms with E-state index in [1.807, 2.05) is 0 Å². The molecule has 1 aliphatic carbocycles. The smallest absolute Gasteiger partial charge is 0.0662 e. The summed E-state index contributed by atoms with van der Waals surface area (Å²) in [7, 11) is 0. The fourth-order valence-corrected chi connectivity index (χ4v) is 2.97. The van der Waals surface area contributed by atoms with Gasteiger partial charge in [0.2, 0.25) is 0 Å². The molecule has 0 spiro atoms. The fourth-order valence-electron chi connectivity index (χ4n) is 2.97. The topological polar surface area (TPSA) is 32.3 Å². The lowest BCUT2D eigenvalue weighted by Gasteiger charge is -2.36. The number of aliphatic hydroxyl groups is 1. The van der Waals surface area contributed by atoms with Crippen molar-refractivity contribution in [2.75, 3.05) is 6.54 Å². The van der Waals surface area contributed by atoms with Crippen molar-refractivity contribution in [3.8, 4) is 0 Å². The summed E-state index contributed by atoms with van der Waals surface area (Å²) < 4.78 is 0. The van der Waals surface area contributed by atoms with Crippen molar-refractivity contribution in [3.05, 3.63) is 0 Å². The molecule has 1 saturated carbocycles. The van der Waals surface area contributed by atoms with E-state index in [0.29, 0.717) is 6.04 Å². The Morgan fingerprint density at radius 2 is 1.86 bits per heavy atom. The van der Waals surface area contributed by atoms with Gasteiger partial charge in [-0.2, -0.15) is 0 Å². The lowest BCUT2D eigenvalue weighted by molar-refractivity contribution is -0.0144. The molecule has 2 N–H and O–H groups in total. The molecule has 2 fully saturated rings. The summed E-state index contributed by atoms with van der Waals surface area (Å²) in [5, 5.41) is 13.9. The van der Waals surface area contributed by atoms with Crippen LogP contribution in [-0.4, -0.2) is 23.3 Å². The van der Waals surface area contributed by atoms with Crippen LogP contribution in [0, 0.1) is 0 Å². The third-order valence-corrected chi connectivity index (χ3v) is 3.82. The van der Waals surface area contributed by atoms with Gasteiger partial charge in [-0.25, -0.2) is 0 Å². The van der Waals surface area contributed by atoms with Crippen LogP contribution in [0.15, 0.2) is 0 Å². The Hall–Kier alpha value is -0.0800. The number of piperidine rings is 1. The molecular formula is C12H23NO. The minimum absolute atomic E-state index is 0.326. The number of rotatable bonds is 2. The Labute approximate surface area is 87.1 Å². The minimum atomic E-state index is -0.326. The van der Waals surface area contributed by atoms with Crippen molar-refractivity contribution in [2.45, 2.75) is 69.4 Å². The van der Waals surface area contributed by atoms with E-state index in [9.17, 15) is 5.11 Å². The lowest BCUT2D eigenvalue weighted by atomic mass is 9.79. The third-order valence-electron chi connectivity index (χ3n) is 3.82. The number of hydrogen-bond acceptors (Lipinski definition) is 2. The fraction of sp³-hybridized carbons (Fsp3) is 1.00. The second-order valence-corrected chi connectivity index (χ2v) is 5.14. The molecule has 0 radical (unpaired) electrons. The van der Waals surface area contributed by atoms with Crippen molar-refractivity contribution >= 4 is 0 Å². The summed E-state index contributed by atoms with van der Waals surface area (Å²) in [5.74, 6) is 0. The summed E-state index contributed by atoms with van der Waals surface area (Å²) >= 11 is 0. The highest BCUT2D eigenvalue weighted by Gasteiger charge is 2.32. The van der Waals surface area contributed by atoms with Crippen LogP contribution in [0.2, 0.25) is 0 Å². The third kappa shape index (κ3) is 2.71. The van der Waals surface area contributed by atoms with Gasteiger partial charge >= 0.3 is 0 Å². The molecule has 1 saturated heterocycles. The predicted octanol–water partition coefficient (Wildman–Crippen LogP) is 2.21. The molecule has 2 heteroatoms. The van der Waals surface area contributed by atoms with Crippen molar-refractivity contribution in [1.82, 2.24) is 5.32 Å². The van der Waals surface area contributed by atoms with E-state index in [-0.39, 0.29) is 5.60 Å². The average molecular weight is 197 g/mol. The molecule has 0 aromatic carbocycles. The monoisotopic (exact) mass is 197 g/mol. The zero-order valence-electron chi connectivity index (χ0n) is 9.10. The van der Waals surface area contributed by atoms with Crippen LogP contribution in [0.25, 0.3) is 0 Å². The van der Waals surface area contributed by atoms with Crippen molar-refractivity contribution in [3.63, 3.8) is 0 Å². The van der Waals surface area contributed by atoms with Gasteiger partial charge in [0.05, 0.1) is 5.60 Å². The summed E-state index contributed by atoms with van der Waals surface area (Å²) in [5.41, 5.74) is -0.326. The molecule has 0 amide bonds. The van der Waals surface area contributed by atoms with Gasteiger partial charge in [-0.15, -0.1) is 0 Å². The minimum Gasteiger partial charge on any atom is -0.390 e. The first-order valence-electron chi connectivity index (χ1n) is 6.24. The van der Waals surface area contributed by atoms with Gasteiger partial charge in [0.25, 0.3) is 0 Å². The number of hydrogen-bond donors (Lipinski definition) is 2. The first kappa shape index (κ1) is 10.4. The largest absolute Gasteiger partial charge is 0.390 e. The van der Waals surface area contributed by atoms with Crippen LogP contribution in [0.3, 0.4) is 0 Å². The zero-order valence-corrected chi connectivity index (χ0v) is 9.10. The second-order valence-electron chi connectivity index (χ2n) is 5.14. The van der Waals surface area contributed by atoms with E-state index in [1.54, 1.807) is 0 Å². The molecule has 1 heterocycles. The molecule has 0 aromatic heterocycles.